The first-order valence-corrected chi connectivity index (χ1v) is 12.5. The zero-order chi connectivity index (χ0) is 21.8. The van der Waals surface area contributed by atoms with Crippen LogP contribution in [0, 0.1) is 0 Å². The molecule has 0 aromatic heterocycles. The van der Waals surface area contributed by atoms with Gasteiger partial charge in [0.05, 0.1) is 6.42 Å². The van der Waals surface area contributed by atoms with Gasteiger partial charge in [0.25, 0.3) is 16.1 Å². The summed E-state index contributed by atoms with van der Waals surface area (Å²) >= 11 is 0. The number of fused-ring (bicyclic) bond motifs is 3. The molecule has 4 heterocycles. The van der Waals surface area contributed by atoms with Crippen LogP contribution < -0.4 is 16.4 Å². The van der Waals surface area contributed by atoms with Gasteiger partial charge in [-0.3, -0.25) is 9.59 Å². The minimum Gasteiger partial charge on any atom is -0.349 e. The fourth-order valence-corrected chi connectivity index (χ4v) is 7.58. The van der Waals surface area contributed by atoms with Gasteiger partial charge in [0.2, 0.25) is 5.91 Å². The summed E-state index contributed by atoms with van der Waals surface area (Å²) in [5.74, 6) is -0.235. The monoisotopic (exact) mass is 483 g/mol. The molecule has 0 aliphatic carbocycles. The van der Waals surface area contributed by atoms with Crippen molar-refractivity contribution in [3.8, 4) is 0 Å². The van der Waals surface area contributed by atoms with Crippen LogP contribution in [0.1, 0.15) is 54.4 Å². The van der Waals surface area contributed by atoms with Gasteiger partial charge >= 0.3 is 0 Å². The molecule has 9 nitrogen and oxygen atoms in total. The van der Waals surface area contributed by atoms with E-state index in [0.717, 1.165) is 24.1 Å². The molecule has 4 N–H and O–H groups in total. The molecule has 1 aromatic rings. The lowest BCUT2D eigenvalue weighted by atomic mass is 9.99. The lowest BCUT2D eigenvalue weighted by Crippen LogP contribution is -2.57. The van der Waals surface area contributed by atoms with Gasteiger partial charge < -0.3 is 16.4 Å². The van der Waals surface area contributed by atoms with E-state index >= 15 is 0 Å². The van der Waals surface area contributed by atoms with Crippen molar-refractivity contribution < 1.29 is 18.0 Å². The zero-order valence-corrected chi connectivity index (χ0v) is 19.5. The number of nitrogens with one attached hydrogen (secondary N) is 2. The Kier molecular flexibility index (Phi) is 6.52. The minimum absolute atomic E-state index is 0. The quantitative estimate of drug-likeness (QED) is 0.589. The van der Waals surface area contributed by atoms with Crippen LogP contribution in [0.25, 0.3) is 0 Å². The van der Waals surface area contributed by atoms with Crippen molar-refractivity contribution in [1.29, 1.82) is 0 Å². The Morgan fingerprint density at radius 1 is 1.09 bits per heavy atom. The van der Waals surface area contributed by atoms with E-state index in [1.807, 2.05) is 0 Å². The summed E-state index contributed by atoms with van der Waals surface area (Å²) in [6.45, 7) is 0.963. The molecule has 0 unspecified atom stereocenters. The lowest BCUT2D eigenvalue weighted by Gasteiger charge is -2.41. The molecule has 176 valence electrons. The van der Waals surface area contributed by atoms with Gasteiger partial charge in [-0.1, -0.05) is 0 Å². The first-order chi connectivity index (χ1) is 14.8. The molecule has 32 heavy (non-hydrogen) atoms. The van der Waals surface area contributed by atoms with Gasteiger partial charge in [-0.15, -0.1) is 12.4 Å². The molecule has 2 bridgehead atoms. The van der Waals surface area contributed by atoms with Crippen molar-refractivity contribution >= 4 is 40.1 Å². The Balaban J connectivity index is 0.00000245. The molecular weight excluding hydrogens is 454 g/mol. The molecule has 0 radical (unpaired) electrons. The van der Waals surface area contributed by atoms with Crippen molar-refractivity contribution in [1.82, 2.24) is 13.9 Å². The summed E-state index contributed by atoms with van der Waals surface area (Å²) < 4.78 is 29.9. The number of amides is 2. The number of carbonyl (C=O) groups excluding carboxylic acids is 2. The molecule has 1 aromatic carbocycles. The third-order valence-corrected chi connectivity index (χ3v) is 9.23. The topological polar surface area (TPSA) is 125 Å². The fraction of sp³-hybridized carbons (Fsp3) is 0.619. The van der Waals surface area contributed by atoms with Gasteiger partial charge in [-0.05, 0) is 62.3 Å². The van der Waals surface area contributed by atoms with Gasteiger partial charge in [0.1, 0.15) is 0 Å². The summed E-state index contributed by atoms with van der Waals surface area (Å²) in [5.41, 5.74) is 8.06. The number of halogens is 1. The van der Waals surface area contributed by atoms with Gasteiger partial charge in [-0.25, -0.2) is 0 Å². The highest BCUT2D eigenvalue weighted by Crippen LogP contribution is 2.39. The van der Waals surface area contributed by atoms with E-state index in [-0.39, 0.29) is 54.8 Å². The van der Waals surface area contributed by atoms with Crippen molar-refractivity contribution in [3.63, 3.8) is 0 Å². The van der Waals surface area contributed by atoms with Crippen LogP contribution >= 0.6 is 12.4 Å². The molecule has 11 heteroatoms. The zero-order valence-electron chi connectivity index (χ0n) is 17.8. The van der Waals surface area contributed by atoms with Crippen LogP contribution in [0.2, 0.25) is 0 Å². The number of piperidine rings is 2. The number of hydrogen-bond acceptors (Lipinski definition) is 5. The molecule has 3 atom stereocenters. The molecule has 3 fully saturated rings. The first-order valence-electron chi connectivity index (χ1n) is 11.1. The Hall–Kier alpha value is -1.72. The van der Waals surface area contributed by atoms with Gasteiger partial charge in [0, 0.05) is 48.5 Å². The average molecular weight is 484 g/mol. The Morgan fingerprint density at radius 3 is 2.41 bits per heavy atom. The first kappa shape index (κ1) is 23.4. The van der Waals surface area contributed by atoms with E-state index in [2.05, 4.69) is 10.6 Å². The molecule has 2 amide bonds. The third kappa shape index (κ3) is 4.26. The van der Waals surface area contributed by atoms with E-state index in [1.54, 1.807) is 26.8 Å². The number of benzene rings is 1. The summed E-state index contributed by atoms with van der Waals surface area (Å²) in [6, 6.07) is 5.11. The van der Waals surface area contributed by atoms with E-state index in [0.29, 0.717) is 44.3 Å². The van der Waals surface area contributed by atoms with Crippen LogP contribution in [-0.4, -0.2) is 66.1 Å². The van der Waals surface area contributed by atoms with Crippen LogP contribution in [0.3, 0.4) is 0 Å². The number of nitrogens with zero attached hydrogens (tertiary/aromatic N) is 2. The highest BCUT2D eigenvalue weighted by molar-refractivity contribution is 7.86. The summed E-state index contributed by atoms with van der Waals surface area (Å²) in [4.78, 5) is 24.4. The van der Waals surface area contributed by atoms with Crippen molar-refractivity contribution in [2.75, 3.05) is 18.4 Å². The van der Waals surface area contributed by atoms with E-state index in [9.17, 15) is 18.0 Å². The number of hydrogen-bond donors (Lipinski definition) is 3. The molecule has 4 aliphatic heterocycles. The van der Waals surface area contributed by atoms with Crippen LogP contribution in [-0.2, 0) is 21.4 Å². The summed E-state index contributed by atoms with van der Waals surface area (Å²) in [5, 5.41) is 5.87. The molecule has 5 rings (SSSR count). The fourth-order valence-electron chi connectivity index (χ4n) is 5.51. The van der Waals surface area contributed by atoms with Crippen LogP contribution in [0.5, 0.6) is 0 Å². The molecule has 0 saturated carbocycles. The molecule has 0 spiro atoms. The van der Waals surface area contributed by atoms with Gasteiger partial charge in [-0.2, -0.15) is 17.0 Å². The van der Waals surface area contributed by atoms with Crippen LogP contribution in [0.4, 0.5) is 5.69 Å². The second kappa shape index (κ2) is 8.90. The molecular formula is C21H30ClN5O4S. The number of anilines is 1. The maximum Gasteiger partial charge on any atom is 0.282 e. The van der Waals surface area contributed by atoms with Crippen molar-refractivity contribution in [2.45, 2.75) is 69.1 Å². The average Bonchev–Trinajstić information content (AvgIpc) is 3.24. The largest absolute Gasteiger partial charge is 0.349 e. The number of nitrogens with two attached hydrogens (primary N) is 1. The second-order valence-corrected chi connectivity index (χ2v) is 11.0. The highest BCUT2D eigenvalue weighted by atomic mass is 35.5. The predicted molar refractivity (Wildman–Crippen MR) is 123 cm³/mol. The van der Waals surface area contributed by atoms with E-state index < -0.39 is 10.2 Å². The highest BCUT2D eigenvalue weighted by Gasteiger charge is 2.49. The smallest absolute Gasteiger partial charge is 0.282 e. The van der Waals surface area contributed by atoms with E-state index in [4.69, 9.17) is 5.73 Å². The van der Waals surface area contributed by atoms with Crippen LogP contribution in [0.15, 0.2) is 18.2 Å². The van der Waals surface area contributed by atoms with Crippen molar-refractivity contribution in [2.24, 2.45) is 5.73 Å². The van der Waals surface area contributed by atoms with Crippen molar-refractivity contribution in [3.05, 3.63) is 29.3 Å². The normalized spacial score (nSPS) is 28.7. The lowest BCUT2D eigenvalue weighted by molar-refractivity contribution is -0.115. The van der Waals surface area contributed by atoms with E-state index in [1.165, 1.54) is 0 Å². The van der Waals surface area contributed by atoms with Gasteiger partial charge in [0.15, 0.2) is 0 Å². The summed E-state index contributed by atoms with van der Waals surface area (Å²) in [7, 11) is -3.50. The molecule has 4 aliphatic rings. The predicted octanol–water partition coefficient (Wildman–Crippen LogP) is 0.996. The standard InChI is InChI=1S/C21H29N5O4S.ClH/c22-15-5-7-25(8-6-15)31(29,30)26-17-2-3-18(26)12-16(11-17)23-21(28)13-1-4-19-14(9-13)10-20(27)24-19;/h1,4,9,15-18H,2-3,5-8,10-12,22H2,(H,23,28)(H,24,27);1H/t16-,17+,18-;. The Labute approximate surface area is 194 Å². The SMILES string of the molecule is Cl.NC1CCN(S(=O)(=O)N2[C@@H]3CC[C@H]2C[C@@H](NC(=O)c2ccc4c(c2)CC(=O)N4)C3)CC1. The maximum atomic E-state index is 13.3. The maximum absolute atomic E-state index is 13.3. The third-order valence-electron chi connectivity index (χ3n) is 7.09. The minimum atomic E-state index is -3.50. The summed E-state index contributed by atoms with van der Waals surface area (Å²) in [6.07, 6.45) is 4.59. The molecule has 3 saturated heterocycles. The second-order valence-electron chi connectivity index (χ2n) is 9.20. The number of rotatable bonds is 4. The Bertz CT molecular complexity index is 997. The number of carbonyl (C=O) groups is 2. The Morgan fingerprint density at radius 2 is 1.75 bits per heavy atom.